The molecule has 0 aliphatic carbocycles. The second kappa shape index (κ2) is 5.80. The van der Waals surface area contributed by atoms with Crippen LogP contribution in [0.1, 0.15) is 0 Å². The van der Waals surface area contributed by atoms with Gasteiger partial charge in [0.15, 0.2) is 5.82 Å². The van der Waals surface area contributed by atoms with Crippen molar-refractivity contribution >= 4 is 39.1 Å². The lowest BCUT2D eigenvalue weighted by atomic mass is 10.3. The number of hydrogen-bond acceptors (Lipinski definition) is 3. The fraction of sp³-hybridized carbons (Fsp3) is 0.400. The number of rotatable bonds is 3. The third-order valence-corrected chi connectivity index (χ3v) is 4.74. The van der Waals surface area contributed by atoms with Crippen molar-refractivity contribution in [3.63, 3.8) is 0 Å². The van der Waals surface area contributed by atoms with Gasteiger partial charge < -0.3 is 5.32 Å². The maximum atomic E-state index is 13.2. The molecule has 1 aromatic carbocycles. The molecule has 1 aliphatic heterocycles. The summed E-state index contributed by atoms with van der Waals surface area (Å²) in [6, 6.07) is 2.37. The van der Waals surface area contributed by atoms with E-state index in [-0.39, 0.29) is 15.7 Å². The minimum Gasteiger partial charge on any atom is -0.314 e. The summed E-state index contributed by atoms with van der Waals surface area (Å²) >= 11 is 11.2. The molecule has 19 heavy (non-hydrogen) atoms. The molecule has 106 valence electrons. The number of piperazine rings is 1. The second-order valence-corrected chi connectivity index (χ2v) is 6.50. The van der Waals surface area contributed by atoms with Gasteiger partial charge in [0.2, 0.25) is 0 Å². The van der Waals surface area contributed by atoms with E-state index in [0.29, 0.717) is 26.2 Å². The van der Waals surface area contributed by atoms with E-state index in [0.717, 1.165) is 0 Å². The number of anilines is 1. The topological polar surface area (TPSA) is 61.4 Å². The Balaban J connectivity index is 2.20. The molecule has 5 nitrogen and oxygen atoms in total. The average Bonchev–Trinajstić information content (AvgIpc) is 2.36. The van der Waals surface area contributed by atoms with Gasteiger partial charge in [-0.2, -0.15) is 12.7 Å². The Morgan fingerprint density at radius 1 is 1.21 bits per heavy atom. The molecular weight excluding hydrogens is 316 g/mol. The van der Waals surface area contributed by atoms with Crippen LogP contribution in [-0.4, -0.2) is 38.9 Å². The van der Waals surface area contributed by atoms with E-state index in [1.807, 2.05) is 0 Å². The Kier molecular flexibility index (Phi) is 4.52. The third-order valence-electron chi connectivity index (χ3n) is 2.65. The molecule has 1 fully saturated rings. The Bertz CT molecular complexity index is 553. The van der Waals surface area contributed by atoms with Gasteiger partial charge in [-0.05, 0) is 12.1 Å². The third kappa shape index (κ3) is 3.49. The van der Waals surface area contributed by atoms with E-state index in [2.05, 4.69) is 10.0 Å². The van der Waals surface area contributed by atoms with Gasteiger partial charge in [0.25, 0.3) is 0 Å². The lowest BCUT2D eigenvalue weighted by Crippen LogP contribution is -2.48. The Morgan fingerprint density at radius 3 is 2.26 bits per heavy atom. The van der Waals surface area contributed by atoms with E-state index < -0.39 is 16.0 Å². The molecule has 1 aromatic rings. The van der Waals surface area contributed by atoms with E-state index >= 15 is 0 Å². The first-order valence-corrected chi connectivity index (χ1v) is 7.73. The smallest absolute Gasteiger partial charge is 0.301 e. The van der Waals surface area contributed by atoms with Crippen LogP contribution in [0.15, 0.2) is 12.1 Å². The molecule has 0 saturated carbocycles. The predicted octanol–water partition coefficient (Wildman–Crippen LogP) is 1.69. The Morgan fingerprint density at radius 2 is 1.74 bits per heavy atom. The second-order valence-electron chi connectivity index (χ2n) is 4.01. The van der Waals surface area contributed by atoms with Crippen LogP contribution in [0.5, 0.6) is 0 Å². The standard InChI is InChI=1S/C10H12Cl2FN3O2S/c11-8-5-7(6-9(12)10(8)13)15-19(17,18)16-3-1-14-2-4-16/h5-6,14-15H,1-4H2. The summed E-state index contributed by atoms with van der Waals surface area (Å²) in [7, 11) is -3.68. The first-order valence-electron chi connectivity index (χ1n) is 5.53. The quantitative estimate of drug-likeness (QED) is 0.830. The molecule has 9 heteroatoms. The van der Waals surface area contributed by atoms with Gasteiger partial charge in [-0.1, -0.05) is 23.2 Å². The molecule has 2 rings (SSSR count). The van der Waals surface area contributed by atoms with Crippen LogP contribution in [-0.2, 0) is 10.2 Å². The molecular formula is C10H12Cl2FN3O2S. The summed E-state index contributed by atoms with van der Waals surface area (Å²) < 4.78 is 41.0. The summed E-state index contributed by atoms with van der Waals surface area (Å²) in [5.41, 5.74) is 0.134. The van der Waals surface area contributed by atoms with Crippen molar-refractivity contribution in [2.24, 2.45) is 0 Å². The molecule has 1 aliphatic rings. The van der Waals surface area contributed by atoms with E-state index in [4.69, 9.17) is 23.2 Å². The van der Waals surface area contributed by atoms with Gasteiger partial charge in [-0.3, -0.25) is 4.72 Å². The minimum atomic E-state index is -3.68. The van der Waals surface area contributed by atoms with E-state index in [1.54, 1.807) is 0 Å². The SMILES string of the molecule is O=S(=O)(Nc1cc(Cl)c(F)c(Cl)c1)N1CCNCC1. The van der Waals surface area contributed by atoms with E-state index in [1.165, 1.54) is 16.4 Å². The van der Waals surface area contributed by atoms with Crippen molar-refractivity contribution in [3.05, 3.63) is 28.0 Å². The minimum absolute atomic E-state index is 0.134. The monoisotopic (exact) mass is 327 g/mol. The molecule has 0 aromatic heterocycles. The van der Waals surface area contributed by atoms with Crippen LogP contribution in [0.25, 0.3) is 0 Å². The summed E-state index contributed by atoms with van der Waals surface area (Å²) in [6.45, 7) is 1.92. The summed E-state index contributed by atoms with van der Waals surface area (Å²) in [5.74, 6) is -0.770. The highest BCUT2D eigenvalue weighted by Gasteiger charge is 2.24. The molecule has 1 saturated heterocycles. The van der Waals surface area contributed by atoms with Crippen molar-refractivity contribution < 1.29 is 12.8 Å². The lowest BCUT2D eigenvalue weighted by Gasteiger charge is -2.26. The van der Waals surface area contributed by atoms with Crippen molar-refractivity contribution in [3.8, 4) is 0 Å². The zero-order valence-corrected chi connectivity index (χ0v) is 12.1. The number of nitrogens with zero attached hydrogens (tertiary/aromatic N) is 1. The summed E-state index contributed by atoms with van der Waals surface area (Å²) in [4.78, 5) is 0. The molecule has 0 spiro atoms. The van der Waals surface area contributed by atoms with Crippen LogP contribution < -0.4 is 10.0 Å². The number of nitrogens with one attached hydrogen (secondary N) is 2. The maximum Gasteiger partial charge on any atom is 0.301 e. The largest absolute Gasteiger partial charge is 0.314 e. The highest BCUT2D eigenvalue weighted by molar-refractivity contribution is 7.90. The predicted molar refractivity (Wildman–Crippen MR) is 73.4 cm³/mol. The Hall–Kier alpha value is -0.600. The lowest BCUT2D eigenvalue weighted by molar-refractivity contribution is 0.362. The highest BCUT2D eigenvalue weighted by Crippen LogP contribution is 2.28. The van der Waals surface area contributed by atoms with Crippen LogP contribution >= 0.6 is 23.2 Å². The zero-order valence-electron chi connectivity index (χ0n) is 9.79. The molecule has 2 N–H and O–H groups in total. The van der Waals surface area contributed by atoms with Gasteiger partial charge in [0, 0.05) is 26.2 Å². The number of benzene rings is 1. The van der Waals surface area contributed by atoms with Crippen molar-refractivity contribution in [2.75, 3.05) is 30.9 Å². The van der Waals surface area contributed by atoms with Crippen LogP contribution in [0.3, 0.4) is 0 Å². The van der Waals surface area contributed by atoms with Gasteiger partial charge in [0.05, 0.1) is 15.7 Å². The van der Waals surface area contributed by atoms with Gasteiger partial charge in [0.1, 0.15) is 0 Å². The fourth-order valence-electron chi connectivity index (χ4n) is 1.71. The normalized spacial score (nSPS) is 17.4. The molecule has 0 radical (unpaired) electrons. The summed E-state index contributed by atoms with van der Waals surface area (Å²) in [6.07, 6.45) is 0. The first kappa shape index (κ1) is 14.8. The molecule has 0 unspecified atom stereocenters. The first-order chi connectivity index (χ1) is 8.90. The molecule has 0 bridgehead atoms. The zero-order chi connectivity index (χ0) is 14.0. The van der Waals surface area contributed by atoms with Crippen molar-refractivity contribution in [1.29, 1.82) is 0 Å². The van der Waals surface area contributed by atoms with Crippen LogP contribution in [0.2, 0.25) is 10.0 Å². The average molecular weight is 328 g/mol. The van der Waals surface area contributed by atoms with Gasteiger partial charge in [-0.25, -0.2) is 4.39 Å². The van der Waals surface area contributed by atoms with Crippen LogP contribution in [0.4, 0.5) is 10.1 Å². The molecule has 0 atom stereocenters. The van der Waals surface area contributed by atoms with Gasteiger partial charge in [-0.15, -0.1) is 0 Å². The van der Waals surface area contributed by atoms with Crippen molar-refractivity contribution in [1.82, 2.24) is 9.62 Å². The molecule has 0 amide bonds. The number of hydrogen-bond donors (Lipinski definition) is 2. The van der Waals surface area contributed by atoms with Crippen LogP contribution in [0, 0.1) is 5.82 Å². The molecule has 1 heterocycles. The fourth-order valence-corrected chi connectivity index (χ4v) is 3.41. The summed E-state index contributed by atoms with van der Waals surface area (Å²) in [5, 5.41) is 2.59. The number of halogens is 3. The van der Waals surface area contributed by atoms with E-state index in [9.17, 15) is 12.8 Å². The highest BCUT2D eigenvalue weighted by atomic mass is 35.5. The van der Waals surface area contributed by atoms with Gasteiger partial charge >= 0.3 is 10.2 Å². The maximum absolute atomic E-state index is 13.2. The Labute approximate surface area is 120 Å². The van der Waals surface area contributed by atoms with Crippen molar-refractivity contribution in [2.45, 2.75) is 0 Å².